The highest BCUT2D eigenvalue weighted by Crippen LogP contribution is 2.29. The lowest BCUT2D eigenvalue weighted by molar-refractivity contribution is 0.188. The van der Waals surface area contributed by atoms with E-state index in [2.05, 4.69) is 10.3 Å². The fraction of sp³-hybridized carbons (Fsp3) is 0.412. The van der Waals surface area contributed by atoms with Gasteiger partial charge in [0.05, 0.1) is 16.7 Å². The molecule has 2 aromatic rings. The number of rotatable bonds is 5. The van der Waals surface area contributed by atoms with Gasteiger partial charge in [-0.2, -0.15) is 0 Å². The fourth-order valence-corrected chi connectivity index (χ4v) is 3.17. The third kappa shape index (κ3) is 4.07. The second-order valence-electron chi connectivity index (χ2n) is 5.95. The van der Waals surface area contributed by atoms with Crippen molar-refractivity contribution in [2.75, 3.05) is 0 Å². The van der Waals surface area contributed by atoms with Crippen molar-refractivity contribution in [1.82, 2.24) is 15.2 Å². The van der Waals surface area contributed by atoms with Crippen LogP contribution in [0.2, 0.25) is 0 Å². The van der Waals surface area contributed by atoms with E-state index in [9.17, 15) is 9.18 Å². The topological polar surface area (TPSA) is 45.2 Å². The van der Waals surface area contributed by atoms with Crippen LogP contribution in [0.15, 0.2) is 29.6 Å². The van der Waals surface area contributed by atoms with E-state index in [1.807, 2.05) is 24.1 Å². The number of carbonyl (C=O) groups is 1. The molecule has 1 aromatic heterocycles. The van der Waals surface area contributed by atoms with E-state index in [4.69, 9.17) is 0 Å². The molecule has 3 rings (SSSR count). The molecule has 6 heteroatoms. The van der Waals surface area contributed by atoms with Gasteiger partial charge in [0.15, 0.2) is 0 Å². The van der Waals surface area contributed by atoms with Gasteiger partial charge in [-0.3, -0.25) is 0 Å². The minimum absolute atomic E-state index is 0.0880. The fourth-order valence-electron chi connectivity index (χ4n) is 2.46. The van der Waals surface area contributed by atoms with Gasteiger partial charge >= 0.3 is 6.03 Å². The Balaban J connectivity index is 1.65. The van der Waals surface area contributed by atoms with Gasteiger partial charge in [0, 0.05) is 18.0 Å². The quantitative estimate of drug-likeness (QED) is 0.898. The number of nitrogens with one attached hydrogen (secondary N) is 1. The minimum atomic E-state index is -0.260. The third-order valence-corrected chi connectivity index (χ3v) is 4.73. The average Bonchev–Trinajstić information content (AvgIpc) is 3.27. The summed E-state index contributed by atoms with van der Waals surface area (Å²) in [4.78, 5) is 18.9. The molecule has 1 aromatic carbocycles. The number of halogens is 1. The van der Waals surface area contributed by atoms with Crippen molar-refractivity contribution >= 4 is 17.4 Å². The zero-order valence-electron chi connectivity index (χ0n) is 13.3. The molecule has 1 aliphatic carbocycles. The summed E-state index contributed by atoms with van der Waals surface area (Å²) in [7, 11) is 0. The first-order valence-corrected chi connectivity index (χ1v) is 8.64. The monoisotopic (exact) mass is 333 g/mol. The van der Waals surface area contributed by atoms with Crippen LogP contribution in [0.25, 0.3) is 0 Å². The number of hydrogen-bond donors (Lipinski definition) is 1. The molecule has 1 saturated carbocycles. The summed E-state index contributed by atoms with van der Waals surface area (Å²) in [5, 5.41) is 5.99. The van der Waals surface area contributed by atoms with Crippen molar-refractivity contribution in [1.29, 1.82) is 0 Å². The number of hydrogen-bond acceptors (Lipinski definition) is 3. The van der Waals surface area contributed by atoms with Gasteiger partial charge < -0.3 is 10.2 Å². The van der Waals surface area contributed by atoms with E-state index < -0.39 is 0 Å². The van der Waals surface area contributed by atoms with Crippen LogP contribution in [0.1, 0.15) is 42.1 Å². The second-order valence-corrected chi connectivity index (χ2v) is 7.01. The van der Waals surface area contributed by atoms with Crippen LogP contribution in [0.3, 0.4) is 0 Å². The van der Waals surface area contributed by atoms with Crippen LogP contribution < -0.4 is 5.32 Å². The van der Waals surface area contributed by atoms with Crippen LogP contribution in [-0.2, 0) is 6.54 Å². The Morgan fingerprint density at radius 3 is 2.70 bits per heavy atom. The van der Waals surface area contributed by atoms with Crippen molar-refractivity contribution in [3.8, 4) is 0 Å². The molecule has 0 saturated heterocycles. The van der Waals surface area contributed by atoms with E-state index in [-0.39, 0.29) is 23.9 Å². The minimum Gasteiger partial charge on any atom is -0.330 e. The molecule has 1 aliphatic rings. The van der Waals surface area contributed by atoms with Gasteiger partial charge in [-0.05, 0) is 44.4 Å². The van der Waals surface area contributed by atoms with E-state index in [1.165, 1.54) is 12.1 Å². The second kappa shape index (κ2) is 6.66. The first-order chi connectivity index (χ1) is 11.0. The van der Waals surface area contributed by atoms with E-state index in [1.54, 1.807) is 23.5 Å². The lowest BCUT2D eigenvalue weighted by Gasteiger charge is -2.25. The van der Waals surface area contributed by atoms with Crippen molar-refractivity contribution < 1.29 is 9.18 Å². The molecule has 122 valence electrons. The van der Waals surface area contributed by atoms with Crippen LogP contribution >= 0.6 is 11.3 Å². The van der Waals surface area contributed by atoms with Gasteiger partial charge in [-0.15, -0.1) is 11.3 Å². The Bertz CT molecular complexity index is 681. The molecule has 0 bridgehead atoms. The number of carbonyl (C=O) groups excluding carboxylic acids is 1. The standard InChI is InChI=1S/C17H20FN3OS/c1-11(16-10-23-12(2)20-16)19-17(22)21(15-7-8-15)9-13-3-5-14(18)6-4-13/h3-6,10-11,15H,7-9H2,1-2H3,(H,19,22)/t11-/m0/s1. The summed E-state index contributed by atoms with van der Waals surface area (Å²) in [6, 6.07) is 6.38. The summed E-state index contributed by atoms with van der Waals surface area (Å²) in [6.07, 6.45) is 2.05. The summed E-state index contributed by atoms with van der Waals surface area (Å²) in [5.41, 5.74) is 1.82. The number of thiazole rings is 1. The molecule has 1 N–H and O–H groups in total. The van der Waals surface area contributed by atoms with Crippen LogP contribution in [0.5, 0.6) is 0 Å². The Morgan fingerprint density at radius 1 is 1.43 bits per heavy atom. The molecule has 0 aliphatic heterocycles. The van der Waals surface area contributed by atoms with Crippen molar-refractivity contribution in [3.05, 3.63) is 51.7 Å². The zero-order chi connectivity index (χ0) is 16.4. The van der Waals surface area contributed by atoms with Crippen LogP contribution in [0, 0.1) is 12.7 Å². The van der Waals surface area contributed by atoms with Gasteiger partial charge in [-0.25, -0.2) is 14.2 Å². The number of benzene rings is 1. The third-order valence-electron chi connectivity index (χ3n) is 3.94. The van der Waals surface area contributed by atoms with E-state index >= 15 is 0 Å². The predicted molar refractivity (Wildman–Crippen MR) is 88.8 cm³/mol. The van der Waals surface area contributed by atoms with Gasteiger partial charge in [0.25, 0.3) is 0 Å². The molecule has 0 radical (unpaired) electrons. The summed E-state index contributed by atoms with van der Waals surface area (Å²) in [6.45, 7) is 4.39. The first kappa shape index (κ1) is 15.9. The molecule has 1 heterocycles. The number of urea groups is 1. The predicted octanol–water partition coefficient (Wildman–Crippen LogP) is 4.03. The highest BCUT2D eigenvalue weighted by atomic mass is 32.1. The Kier molecular flexibility index (Phi) is 4.61. The van der Waals surface area contributed by atoms with Crippen LogP contribution in [-0.4, -0.2) is 22.0 Å². The molecule has 23 heavy (non-hydrogen) atoms. The Hall–Kier alpha value is -1.95. The number of amides is 2. The van der Waals surface area contributed by atoms with E-state index in [0.29, 0.717) is 6.54 Å². The van der Waals surface area contributed by atoms with Gasteiger partial charge in [0.1, 0.15) is 5.82 Å². The summed E-state index contributed by atoms with van der Waals surface area (Å²) < 4.78 is 13.0. The van der Waals surface area contributed by atoms with Crippen LogP contribution in [0.4, 0.5) is 9.18 Å². The number of nitrogens with zero attached hydrogens (tertiary/aromatic N) is 2. The maximum Gasteiger partial charge on any atom is 0.318 e. The maximum atomic E-state index is 13.0. The highest BCUT2D eigenvalue weighted by molar-refractivity contribution is 7.09. The lowest BCUT2D eigenvalue weighted by Crippen LogP contribution is -2.42. The van der Waals surface area contributed by atoms with Crippen molar-refractivity contribution in [3.63, 3.8) is 0 Å². The SMILES string of the molecule is Cc1nc([C@H](C)NC(=O)N(Cc2ccc(F)cc2)C2CC2)cs1. The molecule has 0 spiro atoms. The first-order valence-electron chi connectivity index (χ1n) is 7.76. The Morgan fingerprint density at radius 2 is 2.13 bits per heavy atom. The summed E-state index contributed by atoms with van der Waals surface area (Å²) in [5.74, 6) is -0.260. The Labute approximate surface area is 139 Å². The van der Waals surface area contributed by atoms with Gasteiger partial charge in [-0.1, -0.05) is 12.1 Å². The molecule has 0 unspecified atom stereocenters. The van der Waals surface area contributed by atoms with Crippen molar-refractivity contribution in [2.45, 2.75) is 45.3 Å². The lowest BCUT2D eigenvalue weighted by atomic mass is 10.2. The highest BCUT2D eigenvalue weighted by Gasteiger charge is 2.33. The zero-order valence-corrected chi connectivity index (χ0v) is 14.1. The largest absolute Gasteiger partial charge is 0.330 e. The molecule has 2 amide bonds. The molecular weight excluding hydrogens is 313 g/mol. The number of aryl methyl sites for hydroxylation is 1. The smallest absolute Gasteiger partial charge is 0.318 e. The molecule has 1 atom stereocenters. The van der Waals surface area contributed by atoms with E-state index in [0.717, 1.165) is 29.1 Å². The maximum absolute atomic E-state index is 13.0. The van der Waals surface area contributed by atoms with Crippen molar-refractivity contribution in [2.24, 2.45) is 0 Å². The molecule has 1 fully saturated rings. The molecule has 4 nitrogen and oxygen atoms in total. The number of aromatic nitrogens is 1. The summed E-state index contributed by atoms with van der Waals surface area (Å²) >= 11 is 1.58. The normalized spacial score (nSPS) is 15.3. The molecular formula is C17H20FN3OS. The van der Waals surface area contributed by atoms with Gasteiger partial charge in [0.2, 0.25) is 0 Å². The average molecular weight is 333 g/mol.